The first-order chi connectivity index (χ1) is 13.9. The maximum Gasteiger partial charge on any atom is 0.0556 e. The summed E-state index contributed by atoms with van der Waals surface area (Å²) < 4.78 is 5.83. The molecular formula is C26H43NO2. The number of aliphatic hydroxyl groups excluding tert-OH is 1. The first-order valence-corrected chi connectivity index (χ1v) is 11.1. The summed E-state index contributed by atoms with van der Waals surface area (Å²) in [6, 6.07) is 0. The molecule has 0 aromatic rings. The summed E-state index contributed by atoms with van der Waals surface area (Å²) in [4.78, 5) is 2.16. The third-order valence-corrected chi connectivity index (χ3v) is 6.01. The SMILES string of the molecule is C=C1\C=C/C=C\C=C/C=C(\CC)C1(CCC)CCC(CO)(COCC)CN(C)C. The van der Waals surface area contributed by atoms with Gasteiger partial charge in [0.1, 0.15) is 0 Å². The molecule has 0 aliphatic heterocycles. The molecule has 0 fully saturated rings. The normalized spacial score (nSPS) is 27.1. The van der Waals surface area contributed by atoms with Crippen molar-refractivity contribution in [2.75, 3.05) is 40.5 Å². The van der Waals surface area contributed by atoms with Gasteiger partial charge >= 0.3 is 0 Å². The predicted molar refractivity (Wildman–Crippen MR) is 126 cm³/mol. The zero-order valence-electron chi connectivity index (χ0n) is 19.4. The van der Waals surface area contributed by atoms with Crippen LogP contribution in [0.1, 0.15) is 52.9 Å². The summed E-state index contributed by atoms with van der Waals surface area (Å²) in [7, 11) is 4.13. The summed E-state index contributed by atoms with van der Waals surface area (Å²) in [5.74, 6) is 0. The number of nitrogens with zero attached hydrogens (tertiary/aromatic N) is 1. The van der Waals surface area contributed by atoms with Crippen LogP contribution >= 0.6 is 0 Å². The summed E-state index contributed by atoms with van der Waals surface area (Å²) >= 11 is 0. The van der Waals surface area contributed by atoms with Crippen LogP contribution in [0.15, 0.2) is 60.3 Å². The minimum Gasteiger partial charge on any atom is -0.396 e. The predicted octanol–water partition coefficient (Wildman–Crippen LogP) is 5.70. The van der Waals surface area contributed by atoms with Gasteiger partial charge in [0, 0.05) is 24.0 Å². The second-order valence-corrected chi connectivity index (χ2v) is 8.56. The summed E-state index contributed by atoms with van der Waals surface area (Å²) in [5, 5.41) is 10.4. The van der Waals surface area contributed by atoms with Gasteiger partial charge in [0.25, 0.3) is 0 Å². The third-order valence-electron chi connectivity index (χ3n) is 6.01. The van der Waals surface area contributed by atoms with E-state index in [0.29, 0.717) is 13.2 Å². The molecule has 0 spiro atoms. The molecule has 1 N–H and O–H groups in total. The highest BCUT2D eigenvalue weighted by atomic mass is 16.5. The fourth-order valence-electron chi connectivity index (χ4n) is 4.55. The molecule has 1 aliphatic carbocycles. The standard InChI is InChI=1S/C26H43NO2/c1-7-17-26(19-18-25(21-28,20-27(5)6)22-29-9-3)23(4)15-13-11-10-12-14-16-24(26)8-2/h10-16,28H,4,7-9,17-22H2,1-3,5-6H3/b11-10-,14-12-,15-13-,24-16+. The van der Waals surface area contributed by atoms with Crippen molar-refractivity contribution in [1.29, 1.82) is 0 Å². The Morgan fingerprint density at radius 2 is 1.76 bits per heavy atom. The van der Waals surface area contributed by atoms with Crippen molar-refractivity contribution < 1.29 is 9.84 Å². The topological polar surface area (TPSA) is 32.7 Å². The van der Waals surface area contributed by atoms with Gasteiger partial charge in [-0.2, -0.15) is 0 Å². The molecule has 0 heterocycles. The molecule has 29 heavy (non-hydrogen) atoms. The quantitative estimate of drug-likeness (QED) is 0.455. The molecule has 0 aromatic carbocycles. The van der Waals surface area contributed by atoms with E-state index in [4.69, 9.17) is 4.74 Å². The fraction of sp³-hybridized carbons (Fsp3) is 0.615. The second-order valence-electron chi connectivity index (χ2n) is 8.56. The average molecular weight is 402 g/mol. The highest BCUT2D eigenvalue weighted by Crippen LogP contribution is 2.48. The Morgan fingerprint density at radius 3 is 2.34 bits per heavy atom. The zero-order valence-corrected chi connectivity index (χ0v) is 19.4. The highest BCUT2D eigenvalue weighted by Gasteiger charge is 2.39. The minimum atomic E-state index is -0.270. The number of rotatable bonds is 12. The van der Waals surface area contributed by atoms with Gasteiger partial charge in [0.2, 0.25) is 0 Å². The number of allylic oxidation sites excluding steroid dienone is 9. The van der Waals surface area contributed by atoms with Crippen molar-refractivity contribution in [2.24, 2.45) is 10.8 Å². The first-order valence-electron chi connectivity index (χ1n) is 11.1. The Hall–Kier alpha value is -1.42. The maximum atomic E-state index is 10.4. The van der Waals surface area contributed by atoms with Gasteiger partial charge in [-0.3, -0.25) is 0 Å². The molecule has 1 rings (SSSR count). The lowest BCUT2D eigenvalue weighted by Gasteiger charge is -2.42. The molecule has 164 valence electrons. The van der Waals surface area contributed by atoms with E-state index in [2.05, 4.69) is 82.0 Å². The molecule has 0 bridgehead atoms. The smallest absolute Gasteiger partial charge is 0.0556 e. The second kappa shape index (κ2) is 13.0. The molecule has 0 saturated heterocycles. The van der Waals surface area contributed by atoms with Crippen LogP contribution in [-0.4, -0.2) is 50.5 Å². The molecule has 0 radical (unpaired) electrons. The van der Waals surface area contributed by atoms with Gasteiger partial charge in [-0.05, 0) is 52.3 Å². The average Bonchev–Trinajstić information content (AvgIpc) is 2.70. The van der Waals surface area contributed by atoms with Crippen LogP contribution in [0.3, 0.4) is 0 Å². The molecule has 2 unspecified atom stereocenters. The lowest BCUT2D eigenvalue weighted by Crippen LogP contribution is -2.42. The first kappa shape index (κ1) is 25.6. The van der Waals surface area contributed by atoms with Gasteiger partial charge in [0.15, 0.2) is 0 Å². The molecule has 0 saturated carbocycles. The van der Waals surface area contributed by atoms with Crippen molar-refractivity contribution in [2.45, 2.75) is 52.9 Å². The summed E-state index contributed by atoms with van der Waals surface area (Å²) in [6.07, 6.45) is 19.9. The molecule has 0 aromatic heterocycles. The van der Waals surface area contributed by atoms with Crippen molar-refractivity contribution in [3.8, 4) is 0 Å². The maximum absolute atomic E-state index is 10.4. The number of hydrogen-bond acceptors (Lipinski definition) is 3. The molecule has 3 heteroatoms. The van der Waals surface area contributed by atoms with Crippen molar-refractivity contribution in [3.05, 3.63) is 60.3 Å². The van der Waals surface area contributed by atoms with Crippen LogP contribution in [0.5, 0.6) is 0 Å². The van der Waals surface area contributed by atoms with E-state index in [9.17, 15) is 5.11 Å². The van der Waals surface area contributed by atoms with Crippen molar-refractivity contribution >= 4 is 0 Å². The minimum absolute atomic E-state index is 0.0888. The Morgan fingerprint density at radius 1 is 1.07 bits per heavy atom. The van der Waals surface area contributed by atoms with Crippen molar-refractivity contribution in [1.82, 2.24) is 4.90 Å². The molecule has 0 amide bonds. The monoisotopic (exact) mass is 401 g/mol. The zero-order chi connectivity index (χ0) is 21.8. The van der Waals surface area contributed by atoms with Gasteiger partial charge in [-0.25, -0.2) is 0 Å². The largest absolute Gasteiger partial charge is 0.396 e. The Bertz CT molecular complexity index is 614. The number of hydrogen-bond donors (Lipinski definition) is 1. The van der Waals surface area contributed by atoms with E-state index in [1.54, 1.807) is 0 Å². The van der Waals surface area contributed by atoms with E-state index >= 15 is 0 Å². The summed E-state index contributed by atoms with van der Waals surface area (Å²) in [5.41, 5.74) is 2.23. The molecule has 2 atom stereocenters. The molecular weight excluding hydrogens is 358 g/mol. The fourth-order valence-corrected chi connectivity index (χ4v) is 4.55. The van der Waals surface area contributed by atoms with E-state index in [1.807, 2.05) is 6.92 Å². The lowest BCUT2D eigenvalue weighted by atomic mass is 9.64. The third kappa shape index (κ3) is 7.40. The summed E-state index contributed by atoms with van der Waals surface area (Å²) in [6.45, 7) is 13.2. The van der Waals surface area contributed by atoms with Gasteiger partial charge < -0.3 is 14.7 Å². The number of ether oxygens (including phenoxy) is 1. The van der Waals surface area contributed by atoms with Crippen LogP contribution in [0, 0.1) is 10.8 Å². The Balaban J connectivity index is 3.35. The molecule has 3 nitrogen and oxygen atoms in total. The van der Waals surface area contributed by atoms with Crippen LogP contribution in [0.25, 0.3) is 0 Å². The Labute approximate surface area is 179 Å². The van der Waals surface area contributed by atoms with Crippen molar-refractivity contribution in [3.63, 3.8) is 0 Å². The van der Waals surface area contributed by atoms with Gasteiger partial charge in [0.05, 0.1) is 13.2 Å². The lowest BCUT2D eigenvalue weighted by molar-refractivity contribution is -0.0149. The Kier molecular flexibility index (Phi) is 11.5. The van der Waals surface area contributed by atoms with Crippen LogP contribution in [0.2, 0.25) is 0 Å². The van der Waals surface area contributed by atoms with Crippen LogP contribution < -0.4 is 0 Å². The highest BCUT2D eigenvalue weighted by molar-refractivity contribution is 5.39. The van der Waals surface area contributed by atoms with E-state index in [-0.39, 0.29) is 17.4 Å². The van der Waals surface area contributed by atoms with E-state index in [1.165, 1.54) is 11.1 Å². The van der Waals surface area contributed by atoms with E-state index < -0.39 is 0 Å². The van der Waals surface area contributed by atoms with Gasteiger partial charge in [-0.15, -0.1) is 0 Å². The number of aliphatic hydroxyl groups is 1. The van der Waals surface area contributed by atoms with Crippen LogP contribution in [-0.2, 0) is 4.74 Å². The molecule has 1 aliphatic rings. The van der Waals surface area contributed by atoms with Gasteiger partial charge in [-0.1, -0.05) is 75.0 Å². The van der Waals surface area contributed by atoms with E-state index in [0.717, 1.165) is 38.6 Å². The van der Waals surface area contributed by atoms with Crippen LogP contribution in [0.4, 0.5) is 0 Å².